The lowest BCUT2D eigenvalue weighted by Gasteiger charge is -2.29. The lowest BCUT2D eigenvalue weighted by Crippen LogP contribution is -2.28. The van der Waals surface area contributed by atoms with Crippen molar-refractivity contribution in [3.63, 3.8) is 0 Å². The molecule has 0 radical (unpaired) electrons. The summed E-state index contributed by atoms with van der Waals surface area (Å²) in [6, 6.07) is 8.75. The first-order valence-electron chi connectivity index (χ1n) is 10.6. The highest BCUT2D eigenvalue weighted by Crippen LogP contribution is 2.40. The van der Waals surface area contributed by atoms with Crippen molar-refractivity contribution < 1.29 is 27.4 Å². The molecular weight excluding hydrogens is 461 g/mol. The molecule has 0 bridgehead atoms. The minimum absolute atomic E-state index is 0.0219. The van der Waals surface area contributed by atoms with E-state index in [1.54, 1.807) is 0 Å². The standard InChI is InChI=1S/C24H28FN3O5S/c1-15(29)18-9-6-10-19(21(18)25)20-12-16(22(24(2,3)4)33-23(30)26-5)14-28(20)34(31,32)17-8-7-11-27-13-17/h6-15,22,29H,1-5H3,(H,26,30). The molecule has 1 aromatic carbocycles. The minimum atomic E-state index is -4.19. The van der Waals surface area contributed by atoms with Gasteiger partial charge in [0.1, 0.15) is 16.8 Å². The number of hydrogen-bond donors (Lipinski definition) is 2. The topological polar surface area (TPSA) is 111 Å². The second-order valence-corrected chi connectivity index (χ2v) is 10.7. The van der Waals surface area contributed by atoms with Crippen LogP contribution in [0.2, 0.25) is 0 Å². The largest absolute Gasteiger partial charge is 0.441 e. The Morgan fingerprint density at radius 1 is 1.24 bits per heavy atom. The summed E-state index contributed by atoms with van der Waals surface area (Å²) in [6.07, 6.45) is 1.33. The maximum atomic E-state index is 15.4. The molecule has 0 aliphatic rings. The molecule has 8 nitrogen and oxygen atoms in total. The third kappa shape index (κ3) is 4.97. The molecule has 182 valence electrons. The van der Waals surface area contributed by atoms with Gasteiger partial charge in [-0.05, 0) is 31.2 Å². The van der Waals surface area contributed by atoms with Gasteiger partial charge in [-0.25, -0.2) is 21.6 Å². The first-order valence-corrected chi connectivity index (χ1v) is 12.0. The van der Waals surface area contributed by atoms with Gasteiger partial charge >= 0.3 is 6.09 Å². The molecule has 0 saturated carbocycles. The van der Waals surface area contributed by atoms with Crippen LogP contribution in [-0.4, -0.2) is 35.6 Å². The Morgan fingerprint density at radius 2 is 1.94 bits per heavy atom. The van der Waals surface area contributed by atoms with Crippen LogP contribution in [0.5, 0.6) is 0 Å². The van der Waals surface area contributed by atoms with Crippen LogP contribution in [0.3, 0.4) is 0 Å². The predicted molar refractivity (Wildman–Crippen MR) is 125 cm³/mol. The number of ether oxygens (including phenoxy) is 1. The number of benzene rings is 1. The molecule has 0 fully saturated rings. The molecule has 10 heteroatoms. The zero-order valence-corrected chi connectivity index (χ0v) is 20.4. The summed E-state index contributed by atoms with van der Waals surface area (Å²) in [4.78, 5) is 15.8. The fourth-order valence-corrected chi connectivity index (χ4v) is 4.94. The molecule has 0 spiro atoms. The van der Waals surface area contributed by atoms with Crippen LogP contribution in [0.4, 0.5) is 9.18 Å². The van der Waals surface area contributed by atoms with Gasteiger partial charge in [-0.3, -0.25) is 4.98 Å². The number of hydrogen-bond acceptors (Lipinski definition) is 6. The number of amides is 1. The van der Waals surface area contributed by atoms with Crippen LogP contribution in [-0.2, 0) is 14.8 Å². The summed E-state index contributed by atoms with van der Waals surface area (Å²) in [6.45, 7) is 6.93. The van der Waals surface area contributed by atoms with Crippen molar-refractivity contribution in [3.05, 3.63) is 71.9 Å². The Kier molecular flexibility index (Phi) is 7.13. The van der Waals surface area contributed by atoms with Gasteiger partial charge in [-0.15, -0.1) is 0 Å². The summed E-state index contributed by atoms with van der Waals surface area (Å²) < 4.78 is 49.0. The highest BCUT2D eigenvalue weighted by Gasteiger charge is 2.34. The highest BCUT2D eigenvalue weighted by atomic mass is 32.2. The van der Waals surface area contributed by atoms with Gasteiger partial charge in [0.15, 0.2) is 0 Å². The quantitative estimate of drug-likeness (QED) is 0.530. The third-order valence-corrected chi connectivity index (χ3v) is 6.93. The zero-order chi connectivity index (χ0) is 25.3. The average Bonchev–Trinajstić information content (AvgIpc) is 3.22. The Morgan fingerprint density at radius 3 is 2.50 bits per heavy atom. The van der Waals surface area contributed by atoms with E-state index in [0.717, 1.165) is 3.97 Å². The van der Waals surface area contributed by atoms with Gasteiger partial charge in [0, 0.05) is 47.7 Å². The van der Waals surface area contributed by atoms with Crippen LogP contribution >= 0.6 is 0 Å². The summed E-state index contributed by atoms with van der Waals surface area (Å²) in [5.74, 6) is -0.746. The maximum absolute atomic E-state index is 15.4. The number of halogens is 1. The molecule has 2 heterocycles. The number of rotatable bonds is 6. The van der Waals surface area contributed by atoms with Crippen LogP contribution in [0.1, 0.15) is 51.0 Å². The number of carbonyl (C=O) groups excluding carboxylic acids is 1. The second kappa shape index (κ2) is 9.55. The molecular formula is C24H28FN3O5S. The number of nitrogens with zero attached hydrogens (tertiary/aromatic N) is 2. The van der Waals surface area contributed by atoms with Crippen molar-refractivity contribution in [2.45, 2.75) is 44.8 Å². The van der Waals surface area contributed by atoms with E-state index in [9.17, 15) is 18.3 Å². The van der Waals surface area contributed by atoms with Crippen LogP contribution < -0.4 is 5.32 Å². The van der Waals surface area contributed by atoms with Crippen LogP contribution in [0, 0.1) is 11.2 Å². The number of alkyl carbamates (subject to hydrolysis) is 1. The number of aliphatic hydroxyl groups is 1. The normalized spacial score (nSPS) is 13.9. The van der Waals surface area contributed by atoms with E-state index in [-0.39, 0.29) is 21.7 Å². The van der Waals surface area contributed by atoms with Crippen molar-refractivity contribution in [1.82, 2.24) is 14.3 Å². The number of aromatic nitrogens is 2. The number of carbonyl (C=O) groups is 1. The summed E-state index contributed by atoms with van der Waals surface area (Å²) >= 11 is 0. The Bertz CT molecular complexity index is 1280. The molecule has 3 aromatic rings. The van der Waals surface area contributed by atoms with Crippen molar-refractivity contribution in [1.29, 1.82) is 0 Å². The van der Waals surface area contributed by atoms with E-state index in [1.165, 1.54) is 69.0 Å². The van der Waals surface area contributed by atoms with Gasteiger partial charge in [-0.2, -0.15) is 0 Å². The number of nitrogens with one attached hydrogen (secondary N) is 1. The lowest BCUT2D eigenvalue weighted by atomic mass is 9.85. The molecule has 2 unspecified atom stereocenters. The summed E-state index contributed by atoms with van der Waals surface area (Å²) in [5.41, 5.74) is -0.230. The van der Waals surface area contributed by atoms with Gasteiger partial charge in [0.25, 0.3) is 10.0 Å². The molecule has 0 saturated heterocycles. The average molecular weight is 490 g/mol. The molecule has 1 amide bonds. The SMILES string of the molecule is CNC(=O)OC(c1cc(-c2cccc(C(C)O)c2F)n(S(=O)(=O)c2cccnc2)c1)C(C)(C)C. The van der Waals surface area contributed by atoms with Gasteiger partial charge in [-0.1, -0.05) is 32.9 Å². The van der Waals surface area contributed by atoms with E-state index >= 15 is 4.39 Å². The minimum Gasteiger partial charge on any atom is -0.441 e. The van der Waals surface area contributed by atoms with Crippen molar-refractivity contribution in [2.75, 3.05) is 7.05 Å². The second-order valence-electron chi connectivity index (χ2n) is 8.93. The number of pyridine rings is 1. The smallest absolute Gasteiger partial charge is 0.407 e. The van der Waals surface area contributed by atoms with Crippen molar-refractivity contribution in [3.8, 4) is 11.3 Å². The van der Waals surface area contributed by atoms with Gasteiger partial charge in [0.2, 0.25) is 0 Å². The molecule has 2 atom stereocenters. The summed E-state index contributed by atoms with van der Waals surface area (Å²) in [5, 5.41) is 12.4. The van der Waals surface area contributed by atoms with E-state index in [0.29, 0.717) is 5.56 Å². The lowest BCUT2D eigenvalue weighted by molar-refractivity contribution is 0.0315. The maximum Gasteiger partial charge on any atom is 0.407 e. The summed E-state index contributed by atoms with van der Waals surface area (Å²) in [7, 11) is -2.77. The molecule has 2 aromatic heterocycles. The van der Waals surface area contributed by atoms with E-state index in [4.69, 9.17) is 4.74 Å². The third-order valence-electron chi connectivity index (χ3n) is 5.27. The molecule has 34 heavy (non-hydrogen) atoms. The van der Waals surface area contributed by atoms with E-state index < -0.39 is 39.6 Å². The van der Waals surface area contributed by atoms with Crippen LogP contribution in [0.25, 0.3) is 11.3 Å². The molecule has 3 rings (SSSR count). The highest BCUT2D eigenvalue weighted by molar-refractivity contribution is 7.90. The Labute approximate surface area is 198 Å². The molecule has 2 N–H and O–H groups in total. The molecule has 0 aliphatic carbocycles. The van der Waals surface area contributed by atoms with E-state index in [1.807, 2.05) is 20.8 Å². The van der Waals surface area contributed by atoms with Gasteiger partial charge in [0.05, 0.1) is 11.8 Å². The Hall–Kier alpha value is -3.24. The Balaban J connectivity index is 2.32. The fourth-order valence-electron chi connectivity index (χ4n) is 3.60. The number of aliphatic hydroxyl groups excluding tert-OH is 1. The van der Waals surface area contributed by atoms with Gasteiger partial charge < -0.3 is 15.2 Å². The zero-order valence-electron chi connectivity index (χ0n) is 19.6. The van der Waals surface area contributed by atoms with E-state index in [2.05, 4.69) is 10.3 Å². The first-order chi connectivity index (χ1) is 15.9. The van der Waals surface area contributed by atoms with Crippen LogP contribution in [0.15, 0.2) is 59.9 Å². The predicted octanol–water partition coefficient (Wildman–Crippen LogP) is 4.42. The fraction of sp³-hybridized carbons (Fsp3) is 0.333. The molecule has 0 aliphatic heterocycles. The first kappa shape index (κ1) is 25.4. The monoisotopic (exact) mass is 489 g/mol. The van der Waals surface area contributed by atoms with Crippen molar-refractivity contribution in [2.24, 2.45) is 5.41 Å². The van der Waals surface area contributed by atoms with Crippen molar-refractivity contribution >= 4 is 16.1 Å².